The zero-order valence-electron chi connectivity index (χ0n) is 11.6. The van der Waals surface area contributed by atoms with Crippen molar-refractivity contribution in [2.45, 2.75) is 4.90 Å². The second-order valence-electron chi connectivity index (χ2n) is 4.67. The summed E-state index contributed by atoms with van der Waals surface area (Å²) in [5.41, 5.74) is 0. The van der Waals surface area contributed by atoms with Gasteiger partial charge in [-0.1, -0.05) is 17.7 Å². The van der Waals surface area contributed by atoms with Gasteiger partial charge in [-0.3, -0.25) is 9.69 Å². The molecule has 9 heteroatoms. The molecule has 3 amide bonds. The molecule has 0 atom stereocenters. The molecule has 1 aliphatic rings. The Labute approximate surface area is 137 Å². The van der Waals surface area contributed by atoms with Crippen LogP contribution < -0.4 is 4.90 Å². The monoisotopic (exact) mass is 351 g/mol. The minimum Gasteiger partial charge on any atom is -0.271 e. The highest BCUT2D eigenvalue weighted by Gasteiger charge is 2.45. The molecule has 0 unspecified atom stereocenters. The zero-order valence-corrected chi connectivity index (χ0v) is 13.2. The second-order valence-corrected chi connectivity index (χ2v) is 6.90. The minimum absolute atomic E-state index is 0.188. The molecule has 2 heterocycles. The number of benzene rings is 1. The molecule has 2 aromatic rings. The summed E-state index contributed by atoms with van der Waals surface area (Å²) in [7, 11) is -4.29. The van der Waals surface area contributed by atoms with Gasteiger partial charge in [-0.05, 0) is 36.4 Å². The molecule has 0 aliphatic carbocycles. The summed E-state index contributed by atoms with van der Waals surface area (Å²) in [5, 5.41) is 0.345. The highest BCUT2D eigenvalue weighted by Crippen LogP contribution is 2.25. The molecule has 1 saturated heterocycles. The van der Waals surface area contributed by atoms with Crippen LogP contribution in [0.25, 0.3) is 0 Å². The van der Waals surface area contributed by atoms with Crippen LogP contribution in [0.2, 0.25) is 5.02 Å². The van der Waals surface area contributed by atoms with Gasteiger partial charge < -0.3 is 0 Å². The van der Waals surface area contributed by atoms with Gasteiger partial charge in [0.2, 0.25) is 0 Å². The molecule has 0 radical (unpaired) electrons. The number of halogens is 1. The second kappa shape index (κ2) is 5.64. The number of hydrogen-bond acceptors (Lipinski definition) is 5. The number of pyridine rings is 1. The lowest BCUT2D eigenvalue weighted by atomic mass is 10.4. The van der Waals surface area contributed by atoms with Crippen molar-refractivity contribution in [3.8, 4) is 0 Å². The zero-order chi connectivity index (χ0) is 16.6. The third kappa shape index (κ3) is 2.66. The maximum Gasteiger partial charge on any atom is 0.347 e. The van der Waals surface area contributed by atoms with E-state index >= 15 is 0 Å². The average molecular weight is 352 g/mol. The van der Waals surface area contributed by atoms with Crippen LogP contribution >= 0.6 is 11.6 Å². The van der Waals surface area contributed by atoms with E-state index < -0.39 is 22.0 Å². The summed E-state index contributed by atoms with van der Waals surface area (Å²) in [6, 6.07) is 9.06. The third-order valence-electron chi connectivity index (χ3n) is 3.20. The van der Waals surface area contributed by atoms with Gasteiger partial charge in [0.1, 0.15) is 12.4 Å². The molecule has 1 aromatic carbocycles. The number of carbonyl (C=O) groups excluding carboxylic acids is 2. The van der Waals surface area contributed by atoms with Crippen LogP contribution in [0.5, 0.6) is 0 Å². The van der Waals surface area contributed by atoms with Crippen LogP contribution in [0.1, 0.15) is 0 Å². The third-order valence-corrected chi connectivity index (χ3v) is 5.16. The van der Waals surface area contributed by atoms with Crippen molar-refractivity contribution in [2.75, 3.05) is 11.4 Å². The van der Waals surface area contributed by atoms with Crippen molar-refractivity contribution < 1.29 is 18.0 Å². The Morgan fingerprint density at radius 2 is 1.74 bits per heavy atom. The molecule has 1 aliphatic heterocycles. The van der Waals surface area contributed by atoms with Crippen LogP contribution in [0, 0.1) is 0 Å². The van der Waals surface area contributed by atoms with E-state index in [2.05, 4.69) is 4.98 Å². The summed E-state index contributed by atoms with van der Waals surface area (Å²) >= 11 is 5.72. The first-order chi connectivity index (χ1) is 10.9. The first kappa shape index (κ1) is 15.4. The van der Waals surface area contributed by atoms with Gasteiger partial charge in [0.05, 0.1) is 4.90 Å². The molecule has 7 nitrogen and oxygen atoms in total. The number of carbonyl (C=O) groups is 2. The van der Waals surface area contributed by atoms with E-state index in [0.29, 0.717) is 5.02 Å². The van der Waals surface area contributed by atoms with E-state index in [-0.39, 0.29) is 21.6 Å². The van der Waals surface area contributed by atoms with Crippen LogP contribution in [0.4, 0.5) is 10.6 Å². The van der Waals surface area contributed by atoms with Gasteiger partial charge >= 0.3 is 6.03 Å². The number of anilines is 1. The summed E-state index contributed by atoms with van der Waals surface area (Å²) in [6.45, 7) is -0.386. The Morgan fingerprint density at radius 3 is 2.35 bits per heavy atom. The van der Waals surface area contributed by atoms with Crippen molar-refractivity contribution in [1.82, 2.24) is 9.29 Å². The standard InChI is InChI=1S/C14H10ClN3O4S/c15-10-4-6-11(7-5-10)23(21,22)18-13(19)9-17(14(18)20)12-3-1-2-8-16-12/h1-8H,9H2. The summed E-state index contributed by atoms with van der Waals surface area (Å²) in [5.74, 6) is -0.629. The Balaban J connectivity index is 1.98. The fourth-order valence-corrected chi connectivity index (χ4v) is 3.57. The summed E-state index contributed by atoms with van der Waals surface area (Å²) < 4.78 is 25.3. The van der Waals surface area contributed by atoms with E-state index in [9.17, 15) is 18.0 Å². The van der Waals surface area contributed by atoms with E-state index in [4.69, 9.17) is 11.6 Å². The van der Waals surface area contributed by atoms with Crippen LogP contribution in [-0.2, 0) is 14.8 Å². The smallest absolute Gasteiger partial charge is 0.271 e. The van der Waals surface area contributed by atoms with Gasteiger partial charge in [0.25, 0.3) is 15.9 Å². The van der Waals surface area contributed by atoms with E-state index in [0.717, 1.165) is 4.90 Å². The highest BCUT2D eigenvalue weighted by molar-refractivity contribution is 7.90. The van der Waals surface area contributed by atoms with Crippen molar-refractivity contribution in [1.29, 1.82) is 0 Å². The Hall–Kier alpha value is -2.45. The van der Waals surface area contributed by atoms with Gasteiger partial charge in [-0.25, -0.2) is 18.2 Å². The van der Waals surface area contributed by atoms with Gasteiger partial charge in [-0.2, -0.15) is 0 Å². The number of sulfonamides is 1. The van der Waals surface area contributed by atoms with Gasteiger partial charge in [-0.15, -0.1) is 4.31 Å². The number of amides is 3. The lowest BCUT2D eigenvalue weighted by Gasteiger charge is -2.16. The molecule has 1 aromatic heterocycles. The van der Waals surface area contributed by atoms with Crippen LogP contribution in [0.15, 0.2) is 53.6 Å². The molecule has 23 heavy (non-hydrogen) atoms. The van der Waals surface area contributed by atoms with Crippen molar-refractivity contribution in [3.63, 3.8) is 0 Å². The number of rotatable bonds is 3. The van der Waals surface area contributed by atoms with Gasteiger partial charge in [0, 0.05) is 11.2 Å². The fourth-order valence-electron chi connectivity index (χ4n) is 2.12. The normalized spacial score (nSPS) is 15.3. The van der Waals surface area contributed by atoms with Crippen molar-refractivity contribution in [3.05, 3.63) is 53.7 Å². The first-order valence-corrected chi connectivity index (χ1v) is 8.29. The quantitative estimate of drug-likeness (QED) is 0.788. The average Bonchev–Trinajstić information content (AvgIpc) is 2.84. The number of hydrogen-bond donors (Lipinski definition) is 0. The first-order valence-electron chi connectivity index (χ1n) is 6.47. The minimum atomic E-state index is -4.29. The largest absolute Gasteiger partial charge is 0.347 e. The fraction of sp³-hybridized carbons (Fsp3) is 0.0714. The summed E-state index contributed by atoms with van der Waals surface area (Å²) in [4.78, 5) is 29.3. The molecule has 1 fully saturated rings. The number of urea groups is 1. The molecule has 0 spiro atoms. The van der Waals surface area contributed by atoms with Crippen molar-refractivity contribution in [2.24, 2.45) is 0 Å². The molecule has 0 saturated carbocycles. The molecule has 0 N–H and O–H groups in total. The molecule has 0 bridgehead atoms. The topological polar surface area (TPSA) is 87.7 Å². The SMILES string of the molecule is O=C1CN(c2ccccn2)C(=O)N1S(=O)(=O)c1ccc(Cl)cc1. The summed E-state index contributed by atoms with van der Waals surface area (Å²) in [6.07, 6.45) is 1.45. The van der Waals surface area contributed by atoms with Crippen LogP contribution in [-0.4, -0.2) is 36.2 Å². The lowest BCUT2D eigenvalue weighted by Crippen LogP contribution is -2.38. The van der Waals surface area contributed by atoms with Gasteiger partial charge in [0.15, 0.2) is 0 Å². The Bertz CT molecular complexity index is 869. The molecule has 3 rings (SSSR count). The molecular formula is C14H10ClN3O4S. The number of aromatic nitrogens is 1. The Kier molecular flexibility index (Phi) is 3.78. The number of nitrogens with zero attached hydrogens (tertiary/aromatic N) is 3. The molecular weight excluding hydrogens is 342 g/mol. The highest BCUT2D eigenvalue weighted by atomic mass is 35.5. The Morgan fingerprint density at radius 1 is 1.04 bits per heavy atom. The maximum absolute atomic E-state index is 12.5. The lowest BCUT2D eigenvalue weighted by molar-refractivity contribution is -0.121. The number of imide groups is 1. The van der Waals surface area contributed by atoms with E-state index in [1.807, 2.05) is 0 Å². The maximum atomic E-state index is 12.5. The predicted molar refractivity (Wildman–Crippen MR) is 82.5 cm³/mol. The van der Waals surface area contributed by atoms with Crippen LogP contribution in [0.3, 0.4) is 0 Å². The molecule has 118 valence electrons. The van der Waals surface area contributed by atoms with Crippen molar-refractivity contribution >= 4 is 39.4 Å². The van der Waals surface area contributed by atoms with E-state index in [1.165, 1.54) is 36.5 Å². The predicted octanol–water partition coefficient (Wildman–Crippen LogP) is 1.89. The van der Waals surface area contributed by atoms with E-state index in [1.54, 1.807) is 12.1 Å².